The first-order valence-electron chi connectivity index (χ1n) is 6.11. The maximum atomic E-state index is 13.7. The van der Waals surface area contributed by atoms with Gasteiger partial charge >= 0.3 is 0 Å². The van der Waals surface area contributed by atoms with Crippen LogP contribution in [0.3, 0.4) is 0 Å². The number of nitrogens with zero attached hydrogens (tertiary/aromatic N) is 1. The summed E-state index contributed by atoms with van der Waals surface area (Å²) in [5, 5.41) is 0.445. The summed E-state index contributed by atoms with van der Waals surface area (Å²) in [5.41, 5.74) is 1.07. The molecule has 102 valence electrons. The molecule has 1 amide bonds. The highest BCUT2D eigenvalue weighted by molar-refractivity contribution is 6.31. The largest absolute Gasteiger partial charge is 0.308 e. The molecule has 2 aromatic rings. The van der Waals surface area contributed by atoms with Gasteiger partial charge in [-0.25, -0.2) is 8.78 Å². The minimum Gasteiger partial charge on any atom is -0.308 e. The van der Waals surface area contributed by atoms with Crippen LogP contribution in [0, 0.1) is 11.6 Å². The Hall–Kier alpha value is -1.94. The predicted molar refractivity (Wildman–Crippen MR) is 73.2 cm³/mol. The zero-order chi connectivity index (χ0) is 14.3. The van der Waals surface area contributed by atoms with Gasteiger partial charge in [-0.15, -0.1) is 0 Å². The van der Waals surface area contributed by atoms with Crippen LogP contribution in [-0.2, 0) is 6.42 Å². The van der Waals surface area contributed by atoms with Crippen molar-refractivity contribution in [1.29, 1.82) is 0 Å². The van der Waals surface area contributed by atoms with Crippen molar-refractivity contribution in [3.05, 3.63) is 64.2 Å². The number of rotatable bonds is 1. The number of hydrogen-bond donors (Lipinski definition) is 0. The van der Waals surface area contributed by atoms with Gasteiger partial charge in [0.15, 0.2) is 0 Å². The van der Waals surface area contributed by atoms with Gasteiger partial charge in [-0.3, -0.25) is 4.79 Å². The molecule has 3 rings (SSSR count). The van der Waals surface area contributed by atoms with Gasteiger partial charge in [-0.05, 0) is 30.7 Å². The normalized spacial score (nSPS) is 13.4. The van der Waals surface area contributed by atoms with E-state index in [9.17, 15) is 13.6 Å². The Morgan fingerprint density at radius 3 is 2.75 bits per heavy atom. The van der Waals surface area contributed by atoms with E-state index < -0.39 is 11.6 Å². The molecule has 0 aliphatic carbocycles. The molecular weight excluding hydrogens is 284 g/mol. The molecule has 0 saturated carbocycles. The van der Waals surface area contributed by atoms with Crippen molar-refractivity contribution in [1.82, 2.24) is 0 Å². The molecule has 2 nitrogen and oxygen atoms in total. The third-order valence-corrected chi connectivity index (χ3v) is 3.56. The highest BCUT2D eigenvalue weighted by atomic mass is 35.5. The van der Waals surface area contributed by atoms with Crippen LogP contribution in [0.15, 0.2) is 36.4 Å². The van der Waals surface area contributed by atoms with Crippen molar-refractivity contribution in [3.8, 4) is 0 Å². The first-order valence-corrected chi connectivity index (χ1v) is 6.49. The average molecular weight is 294 g/mol. The number of amides is 1. The first kappa shape index (κ1) is 13.1. The number of carbonyl (C=O) groups is 1. The molecule has 2 aromatic carbocycles. The second kappa shape index (κ2) is 4.87. The van der Waals surface area contributed by atoms with Crippen LogP contribution in [0.4, 0.5) is 14.5 Å². The van der Waals surface area contributed by atoms with Crippen LogP contribution in [0.2, 0.25) is 5.02 Å². The molecule has 0 unspecified atom stereocenters. The van der Waals surface area contributed by atoms with Crippen molar-refractivity contribution in [2.75, 3.05) is 11.4 Å². The summed E-state index contributed by atoms with van der Waals surface area (Å²) in [4.78, 5) is 13.8. The van der Waals surface area contributed by atoms with E-state index >= 15 is 0 Å². The molecule has 0 fully saturated rings. The van der Waals surface area contributed by atoms with Gasteiger partial charge < -0.3 is 4.90 Å². The molecule has 1 heterocycles. The van der Waals surface area contributed by atoms with Crippen molar-refractivity contribution in [2.45, 2.75) is 6.42 Å². The summed E-state index contributed by atoms with van der Waals surface area (Å²) in [6, 6.07) is 8.52. The molecule has 0 N–H and O–H groups in total. The fraction of sp³-hybridized carbons (Fsp3) is 0.133. The Labute approximate surface area is 119 Å². The lowest BCUT2D eigenvalue weighted by Gasteiger charge is -2.17. The Morgan fingerprint density at radius 2 is 2.00 bits per heavy atom. The second-order valence-electron chi connectivity index (χ2n) is 4.60. The lowest BCUT2D eigenvalue weighted by molar-refractivity contribution is 0.0989. The molecular formula is C15H10ClF2NO. The van der Waals surface area contributed by atoms with Gasteiger partial charge in [0, 0.05) is 28.8 Å². The van der Waals surface area contributed by atoms with Crippen molar-refractivity contribution in [3.63, 3.8) is 0 Å². The minimum atomic E-state index is -0.688. The van der Waals surface area contributed by atoms with Crippen LogP contribution < -0.4 is 4.90 Å². The monoisotopic (exact) mass is 293 g/mol. The van der Waals surface area contributed by atoms with Crippen LogP contribution in [-0.4, -0.2) is 12.5 Å². The van der Waals surface area contributed by atoms with Crippen LogP contribution >= 0.6 is 11.6 Å². The molecule has 0 aromatic heterocycles. The Morgan fingerprint density at radius 1 is 1.20 bits per heavy atom. The van der Waals surface area contributed by atoms with Gasteiger partial charge in [0.1, 0.15) is 11.6 Å². The molecule has 5 heteroatoms. The molecule has 0 spiro atoms. The van der Waals surface area contributed by atoms with E-state index in [1.165, 1.54) is 17.0 Å². The number of anilines is 1. The maximum Gasteiger partial charge on any atom is 0.258 e. The van der Waals surface area contributed by atoms with Gasteiger partial charge in [0.05, 0.1) is 5.69 Å². The van der Waals surface area contributed by atoms with Gasteiger partial charge in [-0.1, -0.05) is 17.7 Å². The maximum absolute atomic E-state index is 13.7. The van der Waals surface area contributed by atoms with Crippen molar-refractivity contribution < 1.29 is 13.6 Å². The lowest BCUT2D eigenvalue weighted by Crippen LogP contribution is -2.28. The van der Waals surface area contributed by atoms with Crippen LogP contribution in [0.1, 0.15) is 15.9 Å². The van der Waals surface area contributed by atoms with E-state index in [0.29, 0.717) is 34.8 Å². The Kier molecular flexibility index (Phi) is 3.18. The highest BCUT2D eigenvalue weighted by Gasteiger charge is 2.28. The zero-order valence-corrected chi connectivity index (χ0v) is 11.1. The number of halogens is 3. The standard InChI is InChI=1S/C15H10ClF2NO/c16-10-3-1-2-9(6-10)15(20)19-5-4-12-13(18)7-11(17)8-14(12)19/h1-3,6-8H,4-5H2. The highest BCUT2D eigenvalue weighted by Crippen LogP contribution is 2.32. The van der Waals surface area contributed by atoms with Crippen LogP contribution in [0.25, 0.3) is 0 Å². The molecule has 0 radical (unpaired) electrons. The lowest BCUT2D eigenvalue weighted by atomic mass is 10.1. The molecule has 20 heavy (non-hydrogen) atoms. The number of fused-ring (bicyclic) bond motifs is 1. The Balaban J connectivity index is 2.01. The first-order chi connectivity index (χ1) is 9.56. The summed E-state index contributed by atoms with van der Waals surface area (Å²) in [7, 11) is 0. The third-order valence-electron chi connectivity index (χ3n) is 3.33. The number of benzene rings is 2. The molecule has 1 aliphatic heterocycles. The van der Waals surface area contributed by atoms with E-state index in [4.69, 9.17) is 11.6 Å². The quantitative estimate of drug-likeness (QED) is 0.783. The van der Waals surface area contributed by atoms with Crippen molar-refractivity contribution >= 4 is 23.2 Å². The van der Waals surface area contributed by atoms with E-state index in [0.717, 1.165) is 6.07 Å². The molecule has 1 aliphatic rings. The average Bonchev–Trinajstić information content (AvgIpc) is 2.81. The molecule has 0 bridgehead atoms. The van der Waals surface area contributed by atoms with E-state index in [-0.39, 0.29) is 5.91 Å². The summed E-state index contributed by atoms with van der Waals surface area (Å²) in [6.07, 6.45) is 0.383. The van der Waals surface area contributed by atoms with Gasteiger partial charge in [0.2, 0.25) is 0 Å². The Bertz CT molecular complexity index is 702. The second-order valence-corrected chi connectivity index (χ2v) is 5.04. The molecule has 0 saturated heterocycles. The summed E-state index contributed by atoms with van der Waals surface area (Å²) in [6.45, 7) is 0.334. The van der Waals surface area contributed by atoms with Crippen LogP contribution in [0.5, 0.6) is 0 Å². The molecule has 0 atom stereocenters. The summed E-state index contributed by atoms with van der Waals surface area (Å²) < 4.78 is 27.0. The van der Waals surface area contributed by atoms with E-state index in [1.54, 1.807) is 18.2 Å². The number of carbonyl (C=O) groups excluding carboxylic acids is 1. The third kappa shape index (κ3) is 2.16. The predicted octanol–water partition coefficient (Wildman–Crippen LogP) is 3.82. The van der Waals surface area contributed by atoms with Gasteiger partial charge in [0.25, 0.3) is 5.91 Å². The smallest absolute Gasteiger partial charge is 0.258 e. The fourth-order valence-electron chi connectivity index (χ4n) is 2.41. The SMILES string of the molecule is O=C(c1cccc(Cl)c1)N1CCc2c(F)cc(F)cc21. The van der Waals surface area contributed by atoms with Crippen molar-refractivity contribution in [2.24, 2.45) is 0 Å². The minimum absolute atomic E-state index is 0.299. The zero-order valence-electron chi connectivity index (χ0n) is 10.4. The fourth-order valence-corrected chi connectivity index (χ4v) is 2.60. The summed E-state index contributed by atoms with van der Waals surface area (Å²) in [5.74, 6) is -1.61. The van der Waals surface area contributed by atoms with E-state index in [2.05, 4.69) is 0 Å². The number of hydrogen-bond acceptors (Lipinski definition) is 1. The van der Waals surface area contributed by atoms with E-state index in [1.807, 2.05) is 0 Å². The summed E-state index contributed by atoms with van der Waals surface area (Å²) >= 11 is 5.86. The topological polar surface area (TPSA) is 20.3 Å². The van der Waals surface area contributed by atoms with Gasteiger partial charge in [-0.2, -0.15) is 0 Å².